The maximum atomic E-state index is 13.0. The number of hydrogen-bond donors (Lipinski definition) is 1. The minimum absolute atomic E-state index is 0.0243. The van der Waals surface area contributed by atoms with Gasteiger partial charge in [0.05, 0.1) is 0 Å². The minimum atomic E-state index is -0.316. The maximum absolute atomic E-state index is 13.0. The summed E-state index contributed by atoms with van der Waals surface area (Å²) in [7, 11) is 0. The smallest absolute Gasteiger partial charge is 0.227 e. The van der Waals surface area contributed by atoms with E-state index in [4.69, 9.17) is 4.52 Å². The molecule has 5 nitrogen and oxygen atoms in total. The Morgan fingerprint density at radius 3 is 2.54 bits per heavy atom. The van der Waals surface area contributed by atoms with Crippen LogP contribution >= 0.6 is 0 Å². The average Bonchev–Trinajstić information content (AvgIpc) is 3.16. The average molecular weight is 379 g/mol. The Balaban J connectivity index is 1.30. The summed E-state index contributed by atoms with van der Waals surface area (Å²) in [6, 6.07) is 16.3. The molecule has 6 heteroatoms. The van der Waals surface area contributed by atoms with E-state index in [2.05, 4.69) is 27.6 Å². The van der Waals surface area contributed by atoms with Gasteiger partial charge in [-0.2, -0.15) is 4.98 Å². The van der Waals surface area contributed by atoms with Gasteiger partial charge in [-0.3, -0.25) is 4.79 Å². The number of hydrogen-bond acceptors (Lipinski definition) is 4. The van der Waals surface area contributed by atoms with Crippen molar-refractivity contribution < 1.29 is 13.7 Å². The van der Waals surface area contributed by atoms with E-state index in [1.54, 1.807) is 12.1 Å². The Hall–Kier alpha value is -3.02. The van der Waals surface area contributed by atoms with Crippen LogP contribution in [0.3, 0.4) is 0 Å². The molecule has 1 aliphatic rings. The normalized spacial score (nSPS) is 15.0. The van der Waals surface area contributed by atoms with Crippen molar-refractivity contribution in [3.8, 4) is 11.4 Å². The van der Waals surface area contributed by atoms with Crippen molar-refractivity contribution in [2.45, 2.75) is 37.5 Å². The Morgan fingerprint density at radius 2 is 1.86 bits per heavy atom. The quantitative estimate of drug-likeness (QED) is 0.673. The lowest BCUT2D eigenvalue weighted by atomic mass is 9.64. The molecule has 3 aromatic rings. The van der Waals surface area contributed by atoms with Crippen LogP contribution in [0.5, 0.6) is 0 Å². The number of halogens is 1. The fraction of sp³-hybridized carbons (Fsp3) is 0.318. The third-order valence-corrected chi connectivity index (χ3v) is 5.46. The summed E-state index contributed by atoms with van der Waals surface area (Å²) >= 11 is 0. The topological polar surface area (TPSA) is 68.0 Å². The van der Waals surface area contributed by atoms with Gasteiger partial charge < -0.3 is 9.84 Å². The monoisotopic (exact) mass is 379 g/mol. The highest BCUT2D eigenvalue weighted by molar-refractivity contribution is 5.76. The molecule has 1 heterocycles. The third kappa shape index (κ3) is 3.96. The van der Waals surface area contributed by atoms with Crippen LogP contribution in [0.25, 0.3) is 11.4 Å². The van der Waals surface area contributed by atoms with E-state index in [-0.39, 0.29) is 23.6 Å². The Morgan fingerprint density at radius 1 is 1.11 bits per heavy atom. The van der Waals surface area contributed by atoms with Gasteiger partial charge in [0, 0.05) is 30.4 Å². The number of carbonyl (C=O) groups is 1. The number of nitrogens with one attached hydrogen (secondary N) is 1. The van der Waals surface area contributed by atoms with E-state index in [1.807, 2.05) is 18.2 Å². The Labute approximate surface area is 163 Å². The first-order valence-corrected chi connectivity index (χ1v) is 9.55. The second kappa shape index (κ2) is 7.92. The molecule has 28 heavy (non-hydrogen) atoms. The lowest BCUT2D eigenvalue weighted by Crippen LogP contribution is -2.45. The standard InChI is InChI=1S/C22H22FN3O2/c23-18-9-7-16(8-10-18)21-25-20(28-26-21)12-11-19(27)24-15-22(13-4-14-22)17-5-2-1-3-6-17/h1-3,5-10H,4,11-15H2,(H,24,27). The number of rotatable bonds is 7. The highest BCUT2D eigenvalue weighted by Gasteiger charge is 2.38. The Kier molecular flexibility index (Phi) is 5.19. The first kappa shape index (κ1) is 18.3. The van der Waals surface area contributed by atoms with Gasteiger partial charge in [-0.05, 0) is 42.7 Å². The molecule has 0 aliphatic heterocycles. The van der Waals surface area contributed by atoms with Crippen molar-refractivity contribution in [2.24, 2.45) is 0 Å². The van der Waals surface area contributed by atoms with Crippen molar-refractivity contribution in [2.75, 3.05) is 6.54 Å². The second-order valence-corrected chi connectivity index (χ2v) is 7.30. The minimum Gasteiger partial charge on any atom is -0.355 e. The molecule has 1 fully saturated rings. The van der Waals surface area contributed by atoms with Crippen LogP contribution in [-0.2, 0) is 16.6 Å². The summed E-state index contributed by atoms with van der Waals surface area (Å²) in [5.41, 5.74) is 2.04. The zero-order valence-electron chi connectivity index (χ0n) is 15.5. The first-order chi connectivity index (χ1) is 13.6. The molecule has 0 spiro atoms. The van der Waals surface area contributed by atoms with E-state index in [0.717, 1.165) is 12.8 Å². The van der Waals surface area contributed by atoms with Gasteiger partial charge in [0.15, 0.2) is 0 Å². The summed E-state index contributed by atoms with van der Waals surface area (Å²) in [5.74, 6) is 0.455. The zero-order valence-corrected chi connectivity index (χ0v) is 15.5. The molecular weight excluding hydrogens is 357 g/mol. The SMILES string of the molecule is O=C(CCc1nc(-c2ccc(F)cc2)no1)NCC1(c2ccccc2)CCC1. The number of aromatic nitrogens is 2. The molecule has 0 radical (unpaired) electrons. The largest absolute Gasteiger partial charge is 0.355 e. The molecule has 144 valence electrons. The summed E-state index contributed by atoms with van der Waals surface area (Å²) < 4.78 is 18.2. The molecule has 2 aromatic carbocycles. The highest BCUT2D eigenvalue weighted by atomic mass is 19.1. The highest BCUT2D eigenvalue weighted by Crippen LogP contribution is 2.43. The number of benzene rings is 2. The van der Waals surface area contributed by atoms with Crippen LogP contribution in [0.4, 0.5) is 4.39 Å². The molecule has 0 bridgehead atoms. The van der Waals surface area contributed by atoms with Crippen molar-refractivity contribution >= 4 is 5.91 Å². The Bertz CT molecular complexity index is 934. The molecule has 1 saturated carbocycles. The summed E-state index contributed by atoms with van der Waals surface area (Å²) in [5, 5.41) is 6.97. The predicted molar refractivity (Wildman–Crippen MR) is 103 cm³/mol. The molecule has 1 aromatic heterocycles. The van der Waals surface area contributed by atoms with Gasteiger partial charge in [0.2, 0.25) is 17.6 Å². The van der Waals surface area contributed by atoms with Gasteiger partial charge in [-0.15, -0.1) is 0 Å². The van der Waals surface area contributed by atoms with Gasteiger partial charge >= 0.3 is 0 Å². The second-order valence-electron chi connectivity index (χ2n) is 7.30. The molecule has 4 rings (SSSR count). The summed E-state index contributed by atoms with van der Waals surface area (Å²) in [6.07, 6.45) is 4.05. The fourth-order valence-corrected chi connectivity index (χ4v) is 3.61. The van der Waals surface area contributed by atoms with Crippen LogP contribution in [0.2, 0.25) is 0 Å². The number of carbonyl (C=O) groups excluding carboxylic acids is 1. The number of amides is 1. The molecule has 1 N–H and O–H groups in total. The third-order valence-electron chi connectivity index (χ3n) is 5.46. The van der Waals surface area contributed by atoms with Crippen LogP contribution in [0, 0.1) is 5.82 Å². The van der Waals surface area contributed by atoms with E-state index in [9.17, 15) is 9.18 Å². The summed E-state index contributed by atoms with van der Waals surface area (Å²) in [4.78, 5) is 16.6. The molecule has 1 aliphatic carbocycles. The molecule has 1 amide bonds. The van der Waals surface area contributed by atoms with E-state index < -0.39 is 0 Å². The van der Waals surface area contributed by atoms with E-state index in [1.165, 1.54) is 24.1 Å². The van der Waals surface area contributed by atoms with Crippen LogP contribution in [0.1, 0.15) is 37.1 Å². The van der Waals surface area contributed by atoms with Crippen molar-refractivity contribution in [1.82, 2.24) is 15.5 Å². The van der Waals surface area contributed by atoms with E-state index in [0.29, 0.717) is 30.2 Å². The molecule has 0 atom stereocenters. The van der Waals surface area contributed by atoms with Crippen LogP contribution in [-0.4, -0.2) is 22.6 Å². The van der Waals surface area contributed by atoms with Crippen molar-refractivity contribution in [3.05, 3.63) is 71.9 Å². The van der Waals surface area contributed by atoms with E-state index >= 15 is 0 Å². The summed E-state index contributed by atoms with van der Waals surface area (Å²) in [6.45, 7) is 0.653. The zero-order chi connectivity index (χ0) is 19.4. The van der Waals surface area contributed by atoms with Gasteiger partial charge in [0.25, 0.3) is 0 Å². The first-order valence-electron chi connectivity index (χ1n) is 9.55. The van der Waals surface area contributed by atoms with Crippen LogP contribution < -0.4 is 5.32 Å². The molecule has 0 saturated heterocycles. The van der Waals surface area contributed by atoms with Crippen molar-refractivity contribution in [1.29, 1.82) is 0 Å². The maximum Gasteiger partial charge on any atom is 0.227 e. The molecule has 0 unspecified atom stereocenters. The van der Waals surface area contributed by atoms with Gasteiger partial charge in [-0.25, -0.2) is 4.39 Å². The van der Waals surface area contributed by atoms with Crippen LogP contribution in [0.15, 0.2) is 59.1 Å². The lowest BCUT2D eigenvalue weighted by Gasteiger charge is -2.42. The number of aryl methyl sites for hydroxylation is 1. The number of nitrogens with zero attached hydrogens (tertiary/aromatic N) is 2. The van der Waals surface area contributed by atoms with Crippen molar-refractivity contribution in [3.63, 3.8) is 0 Å². The lowest BCUT2D eigenvalue weighted by molar-refractivity contribution is -0.121. The van der Waals surface area contributed by atoms with Gasteiger partial charge in [-0.1, -0.05) is 41.9 Å². The predicted octanol–water partition coefficient (Wildman–Crippen LogP) is 4.05. The fourth-order valence-electron chi connectivity index (χ4n) is 3.61. The van der Waals surface area contributed by atoms with Gasteiger partial charge in [0.1, 0.15) is 5.82 Å². The molecular formula is C22H22FN3O2.